The fourth-order valence-electron chi connectivity index (χ4n) is 1.94. The Bertz CT molecular complexity index is 709. The minimum atomic E-state index is -0.547. The quantitative estimate of drug-likeness (QED) is 0.396. The predicted octanol–water partition coefficient (Wildman–Crippen LogP) is 3.26. The smallest absolute Gasteiger partial charge is 0.200 e. The molecule has 5 heteroatoms. The molecule has 0 radical (unpaired) electrons. The Morgan fingerprint density at radius 1 is 1.00 bits per heavy atom. The summed E-state index contributed by atoms with van der Waals surface area (Å²) in [5.74, 6) is -1.31. The number of hydrogen-bond acceptors (Lipinski definition) is 5. The summed E-state index contributed by atoms with van der Waals surface area (Å²) in [6.45, 7) is 5.71. The summed E-state index contributed by atoms with van der Waals surface area (Å²) in [6, 6.07) is 8.66. The topological polar surface area (TPSA) is 85.1 Å². The molecule has 5 nitrogen and oxygen atoms in total. The van der Waals surface area contributed by atoms with E-state index in [1.807, 2.05) is 32.0 Å². The zero-order valence-electron chi connectivity index (χ0n) is 12.2. The van der Waals surface area contributed by atoms with Gasteiger partial charge in [-0.1, -0.05) is 12.1 Å². The average molecular weight is 286 g/mol. The standard InChI is InChI=1S/C16H18N2O3/c1-9-5-4-6-13(10(9)2)18-17-11(3)12-7-8-14(19)16(21)15(12)20/h4-8,18-21H,1-3H3/b17-11+. The Labute approximate surface area is 123 Å². The van der Waals surface area contributed by atoms with Crippen molar-refractivity contribution in [1.29, 1.82) is 0 Å². The normalized spacial score (nSPS) is 11.5. The van der Waals surface area contributed by atoms with E-state index in [4.69, 9.17) is 0 Å². The number of anilines is 1. The van der Waals surface area contributed by atoms with Crippen molar-refractivity contribution in [2.45, 2.75) is 20.8 Å². The maximum absolute atomic E-state index is 9.83. The number of nitrogens with one attached hydrogen (secondary N) is 1. The van der Waals surface area contributed by atoms with E-state index in [-0.39, 0.29) is 11.5 Å². The molecule has 0 spiro atoms. The van der Waals surface area contributed by atoms with Gasteiger partial charge >= 0.3 is 0 Å². The van der Waals surface area contributed by atoms with Crippen molar-refractivity contribution < 1.29 is 15.3 Å². The fourth-order valence-corrected chi connectivity index (χ4v) is 1.94. The highest BCUT2D eigenvalue weighted by molar-refractivity contribution is 6.02. The Kier molecular flexibility index (Phi) is 4.03. The summed E-state index contributed by atoms with van der Waals surface area (Å²) >= 11 is 0. The monoisotopic (exact) mass is 286 g/mol. The van der Waals surface area contributed by atoms with Crippen LogP contribution in [0.15, 0.2) is 35.4 Å². The van der Waals surface area contributed by atoms with Crippen molar-refractivity contribution in [1.82, 2.24) is 0 Å². The molecule has 0 aromatic heterocycles. The highest BCUT2D eigenvalue weighted by Gasteiger charge is 2.13. The lowest BCUT2D eigenvalue weighted by molar-refractivity contribution is 0.367. The van der Waals surface area contributed by atoms with Gasteiger partial charge in [0, 0.05) is 5.56 Å². The van der Waals surface area contributed by atoms with Crippen LogP contribution in [0.25, 0.3) is 0 Å². The van der Waals surface area contributed by atoms with E-state index in [9.17, 15) is 15.3 Å². The van der Waals surface area contributed by atoms with Crippen molar-refractivity contribution in [3.05, 3.63) is 47.0 Å². The molecule has 0 unspecified atom stereocenters. The van der Waals surface area contributed by atoms with Crippen LogP contribution in [0.3, 0.4) is 0 Å². The van der Waals surface area contributed by atoms with Crippen LogP contribution < -0.4 is 5.43 Å². The zero-order chi connectivity index (χ0) is 15.6. The molecule has 0 bridgehead atoms. The van der Waals surface area contributed by atoms with Crippen LogP contribution in [0.5, 0.6) is 17.2 Å². The number of benzene rings is 2. The van der Waals surface area contributed by atoms with Crippen molar-refractivity contribution in [3.8, 4) is 17.2 Å². The van der Waals surface area contributed by atoms with Gasteiger partial charge in [-0.2, -0.15) is 5.10 Å². The summed E-state index contributed by atoms with van der Waals surface area (Å²) < 4.78 is 0. The molecule has 0 aliphatic rings. The molecule has 4 N–H and O–H groups in total. The van der Waals surface area contributed by atoms with Crippen LogP contribution in [0.4, 0.5) is 5.69 Å². The summed E-state index contributed by atoms with van der Waals surface area (Å²) in [7, 11) is 0. The molecule has 0 aliphatic carbocycles. The number of phenolic OH excluding ortho intramolecular Hbond substituents is 3. The van der Waals surface area contributed by atoms with Gasteiger partial charge in [0.2, 0.25) is 5.75 Å². The first-order valence-electron chi connectivity index (χ1n) is 6.52. The van der Waals surface area contributed by atoms with Gasteiger partial charge in [-0.25, -0.2) is 0 Å². The largest absolute Gasteiger partial charge is 0.504 e. The Morgan fingerprint density at radius 2 is 1.71 bits per heavy atom. The molecule has 0 saturated carbocycles. The molecular formula is C16H18N2O3. The highest BCUT2D eigenvalue weighted by Crippen LogP contribution is 2.37. The van der Waals surface area contributed by atoms with Crippen LogP contribution in [0, 0.1) is 13.8 Å². The first-order valence-corrected chi connectivity index (χ1v) is 6.52. The van der Waals surface area contributed by atoms with Gasteiger partial charge in [-0.3, -0.25) is 5.43 Å². The molecule has 0 heterocycles. The fraction of sp³-hybridized carbons (Fsp3) is 0.188. The number of phenols is 3. The molecule has 21 heavy (non-hydrogen) atoms. The molecule has 0 saturated heterocycles. The summed E-state index contributed by atoms with van der Waals surface area (Å²) in [4.78, 5) is 0. The Hall–Kier alpha value is -2.69. The summed E-state index contributed by atoms with van der Waals surface area (Å²) in [5, 5.41) is 32.9. The van der Waals surface area contributed by atoms with E-state index < -0.39 is 5.75 Å². The van der Waals surface area contributed by atoms with E-state index >= 15 is 0 Å². The highest BCUT2D eigenvalue weighted by atomic mass is 16.3. The first kappa shape index (κ1) is 14.7. The third kappa shape index (κ3) is 2.91. The molecule has 0 aliphatic heterocycles. The van der Waals surface area contributed by atoms with E-state index in [2.05, 4.69) is 10.5 Å². The van der Waals surface area contributed by atoms with Gasteiger partial charge in [-0.15, -0.1) is 0 Å². The molecule has 2 aromatic carbocycles. The van der Waals surface area contributed by atoms with Crippen molar-refractivity contribution >= 4 is 11.4 Å². The third-order valence-electron chi connectivity index (χ3n) is 3.47. The second-order valence-corrected chi connectivity index (χ2v) is 4.89. The molecule has 0 atom stereocenters. The molecule has 2 aromatic rings. The Balaban J connectivity index is 2.30. The van der Waals surface area contributed by atoms with Gasteiger partial charge in [-0.05, 0) is 50.1 Å². The minimum Gasteiger partial charge on any atom is -0.504 e. The van der Waals surface area contributed by atoms with Crippen LogP contribution >= 0.6 is 0 Å². The summed E-state index contributed by atoms with van der Waals surface area (Å²) in [5.41, 5.74) is 6.90. The summed E-state index contributed by atoms with van der Waals surface area (Å²) in [6.07, 6.45) is 0. The number of hydrogen-bond donors (Lipinski definition) is 4. The lowest BCUT2D eigenvalue weighted by atomic mass is 10.1. The average Bonchev–Trinajstić information content (AvgIpc) is 2.46. The molecular weight excluding hydrogens is 268 g/mol. The second kappa shape index (κ2) is 5.75. The number of rotatable bonds is 3. The van der Waals surface area contributed by atoms with Crippen molar-refractivity contribution in [2.75, 3.05) is 5.43 Å². The van der Waals surface area contributed by atoms with Gasteiger partial charge in [0.05, 0.1) is 11.4 Å². The van der Waals surface area contributed by atoms with Crippen molar-refractivity contribution in [2.24, 2.45) is 5.10 Å². The predicted molar refractivity (Wildman–Crippen MR) is 83.2 cm³/mol. The van der Waals surface area contributed by atoms with Crippen LogP contribution in [-0.2, 0) is 0 Å². The molecule has 2 rings (SSSR count). The van der Waals surface area contributed by atoms with Crippen LogP contribution in [0.2, 0.25) is 0 Å². The number of aromatic hydroxyl groups is 3. The lowest BCUT2D eigenvalue weighted by Crippen LogP contribution is -2.01. The molecule has 0 fully saturated rings. The van der Waals surface area contributed by atoms with Crippen LogP contribution in [0.1, 0.15) is 23.6 Å². The van der Waals surface area contributed by atoms with Gasteiger partial charge in [0.25, 0.3) is 0 Å². The van der Waals surface area contributed by atoms with Gasteiger partial charge in [0.15, 0.2) is 11.5 Å². The third-order valence-corrected chi connectivity index (χ3v) is 3.47. The zero-order valence-corrected chi connectivity index (χ0v) is 12.2. The van der Waals surface area contributed by atoms with E-state index in [0.717, 1.165) is 16.8 Å². The maximum Gasteiger partial charge on any atom is 0.200 e. The first-order chi connectivity index (χ1) is 9.91. The van der Waals surface area contributed by atoms with E-state index in [1.165, 1.54) is 12.1 Å². The van der Waals surface area contributed by atoms with E-state index in [0.29, 0.717) is 11.3 Å². The SMILES string of the molecule is C/C(=N\Nc1cccc(C)c1C)c1ccc(O)c(O)c1O. The van der Waals surface area contributed by atoms with Crippen LogP contribution in [-0.4, -0.2) is 21.0 Å². The molecule has 0 amide bonds. The van der Waals surface area contributed by atoms with E-state index in [1.54, 1.807) is 6.92 Å². The van der Waals surface area contributed by atoms with Gasteiger partial charge < -0.3 is 15.3 Å². The maximum atomic E-state index is 9.83. The number of nitrogens with zero attached hydrogens (tertiary/aromatic N) is 1. The van der Waals surface area contributed by atoms with Crippen molar-refractivity contribution in [3.63, 3.8) is 0 Å². The Morgan fingerprint density at radius 3 is 2.43 bits per heavy atom. The van der Waals surface area contributed by atoms with Gasteiger partial charge in [0.1, 0.15) is 0 Å². The lowest BCUT2D eigenvalue weighted by Gasteiger charge is -2.10. The second-order valence-electron chi connectivity index (χ2n) is 4.89. The number of aryl methyl sites for hydroxylation is 1. The molecule has 110 valence electrons. The number of hydrazone groups is 1. The minimum absolute atomic E-state index is 0.350.